The predicted octanol–water partition coefficient (Wildman–Crippen LogP) is 3.90. The van der Waals surface area contributed by atoms with Crippen molar-refractivity contribution >= 4 is 34.5 Å². The normalized spacial score (nSPS) is 11.4. The molecule has 0 unspecified atom stereocenters. The highest BCUT2D eigenvalue weighted by Gasteiger charge is 2.12. The van der Waals surface area contributed by atoms with E-state index in [9.17, 15) is 4.79 Å². The van der Waals surface area contributed by atoms with E-state index in [-0.39, 0.29) is 11.3 Å². The lowest BCUT2D eigenvalue weighted by Gasteiger charge is -2.18. The quantitative estimate of drug-likeness (QED) is 0.814. The molecule has 17 heavy (non-hydrogen) atoms. The first-order valence-corrected chi connectivity index (χ1v) is 6.80. The first-order valence-electron chi connectivity index (χ1n) is 5.56. The van der Waals surface area contributed by atoms with Crippen molar-refractivity contribution in [3.63, 3.8) is 0 Å². The van der Waals surface area contributed by atoms with Gasteiger partial charge in [0.25, 0.3) is 5.91 Å². The third-order valence-corrected chi connectivity index (χ3v) is 3.23. The summed E-state index contributed by atoms with van der Waals surface area (Å²) in [5.41, 5.74) is 0.849. The molecule has 0 saturated carbocycles. The van der Waals surface area contributed by atoms with Gasteiger partial charge in [-0.1, -0.05) is 36.7 Å². The molecule has 1 amide bonds. The predicted molar refractivity (Wildman–Crippen MR) is 77.8 cm³/mol. The zero-order valence-electron chi connectivity index (χ0n) is 10.4. The molecule has 0 atom stereocenters. The van der Waals surface area contributed by atoms with Gasteiger partial charge in [0.1, 0.15) is 0 Å². The number of carbonyl (C=O) groups is 1. The molecule has 0 aliphatic heterocycles. The van der Waals surface area contributed by atoms with Crippen molar-refractivity contribution in [3.8, 4) is 0 Å². The molecule has 0 spiro atoms. The molecule has 0 aliphatic carbocycles. The van der Waals surface area contributed by atoms with Gasteiger partial charge < -0.3 is 5.32 Å². The van der Waals surface area contributed by atoms with E-state index in [4.69, 9.17) is 0 Å². The lowest BCUT2D eigenvalue weighted by atomic mass is 9.92. The van der Waals surface area contributed by atoms with Crippen LogP contribution in [0.3, 0.4) is 0 Å². The van der Waals surface area contributed by atoms with E-state index in [0.717, 1.165) is 10.9 Å². The maximum atomic E-state index is 11.9. The van der Waals surface area contributed by atoms with E-state index in [0.29, 0.717) is 17.0 Å². The fourth-order valence-electron chi connectivity index (χ4n) is 1.34. The van der Waals surface area contributed by atoms with E-state index in [1.54, 1.807) is 6.07 Å². The summed E-state index contributed by atoms with van der Waals surface area (Å²) in [6.45, 7) is 7.15. The van der Waals surface area contributed by atoms with Gasteiger partial charge in [0.15, 0.2) is 0 Å². The summed E-state index contributed by atoms with van der Waals surface area (Å²) in [7, 11) is 0. The highest BCUT2D eigenvalue weighted by atomic mass is 79.9. The smallest absolute Gasteiger partial charge is 0.252 e. The third kappa shape index (κ3) is 5.13. The summed E-state index contributed by atoms with van der Waals surface area (Å²) >= 11 is 7.64. The second-order valence-corrected chi connectivity index (χ2v) is 6.63. The van der Waals surface area contributed by atoms with Crippen molar-refractivity contribution in [2.24, 2.45) is 5.41 Å². The number of benzene rings is 1. The van der Waals surface area contributed by atoms with Crippen LogP contribution in [0.25, 0.3) is 0 Å². The summed E-state index contributed by atoms with van der Waals surface area (Å²) in [4.78, 5) is 12.6. The van der Waals surface area contributed by atoms with Gasteiger partial charge in [0, 0.05) is 15.9 Å². The number of nitrogens with one attached hydrogen (secondary N) is 1. The fraction of sp³-hybridized carbons (Fsp3) is 0.462. The minimum atomic E-state index is -0.0632. The number of halogens is 1. The molecular formula is C13H18BrNOS. The van der Waals surface area contributed by atoms with E-state index < -0.39 is 0 Å². The molecule has 0 bridgehead atoms. The standard InChI is InChI=1S/C13H18BrNOS/c1-13(2,3)6-7-15-12(16)10-5-4-9(14)8-11(10)17/h4-5,8,17H,6-7H2,1-3H3,(H,15,16). The van der Waals surface area contributed by atoms with Crippen LogP contribution in [0, 0.1) is 5.41 Å². The summed E-state index contributed by atoms with van der Waals surface area (Å²) in [5.74, 6) is -0.0632. The summed E-state index contributed by atoms with van der Waals surface area (Å²) < 4.78 is 0.925. The number of rotatable bonds is 3. The Morgan fingerprint density at radius 2 is 2.06 bits per heavy atom. The van der Waals surface area contributed by atoms with Gasteiger partial charge in [-0.2, -0.15) is 0 Å². The Morgan fingerprint density at radius 3 is 2.59 bits per heavy atom. The van der Waals surface area contributed by atoms with Crippen LogP contribution in [0.15, 0.2) is 27.6 Å². The summed E-state index contributed by atoms with van der Waals surface area (Å²) in [5, 5.41) is 2.91. The molecule has 0 aliphatic rings. The Bertz CT molecular complexity index is 412. The molecule has 94 valence electrons. The van der Waals surface area contributed by atoms with Gasteiger partial charge in [-0.15, -0.1) is 12.6 Å². The Labute approximate surface area is 117 Å². The van der Waals surface area contributed by atoms with E-state index in [1.165, 1.54) is 0 Å². The minimum absolute atomic E-state index is 0.0632. The van der Waals surface area contributed by atoms with Crippen LogP contribution in [0.4, 0.5) is 0 Å². The fourth-order valence-corrected chi connectivity index (χ4v) is 2.20. The molecule has 4 heteroatoms. The third-order valence-electron chi connectivity index (χ3n) is 2.36. The van der Waals surface area contributed by atoms with Gasteiger partial charge in [0.05, 0.1) is 5.56 Å². The average molecular weight is 316 g/mol. The van der Waals surface area contributed by atoms with Gasteiger partial charge in [-0.3, -0.25) is 4.79 Å². The Hall–Kier alpha value is -0.480. The molecule has 1 rings (SSSR count). The molecule has 2 nitrogen and oxygen atoms in total. The molecule has 0 fully saturated rings. The Kier molecular flexibility index (Phi) is 5.07. The highest BCUT2D eigenvalue weighted by Crippen LogP contribution is 2.20. The van der Waals surface area contributed by atoms with Crippen LogP contribution < -0.4 is 5.32 Å². The van der Waals surface area contributed by atoms with Crippen LogP contribution in [0.5, 0.6) is 0 Å². The van der Waals surface area contributed by atoms with E-state index >= 15 is 0 Å². The van der Waals surface area contributed by atoms with Gasteiger partial charge in [-0.25, -0.2) is 0 Å². The first kappa shape index (κ1) is 14.6. The van der Waals surface area contributed by atoms with Crippen LogP contribution in [-0.2, 0) is 0 Å². The van der Waals surface area contributed by atoms with E-state index in [2.05, 4.69) is 54.6 Å². The van der Waals surface area contributed by atoms with Crippen LogP contribution in [0.2, 0.25) is 0 Å². The maximum Gasteiger partial charge on any atom is 0.252 e. The SMILES string of the molecule is CC(C)(C)CCNC(=O)c1ccc(Br)cc1S. The molecule has 0 saturated heterocycles. The van der Waals surface area contributed by atoms with Gasteiger partial charge >= 0.3 is 0 Å². The van der Waals surface area contributed by atoms with Crippen LogP contribution in [-0.4, -0.2) is 12.5 Å². The second kappa shape index (κ2) is 5.91. The van der Waals surface area contributed by atoms with Crippen molar-refractivity contribution in [3.05, 3.63) is 28.2 Å². The zero-order valence-corrected chi connectivity index (χ0v) is 12.9. The average Bonchev–Trinajstić information content (AvgIpc) is 2.15. The molecule has 1 N–H and O–H groups in total. The number of hydrogen-bond donors (Lipinski definition) is 2. The minimum Gasteiger partial charge on any atom is -0.352 e. The van der Waals surface area contributed by atoms with Crippen molar-refractivity contribution in [2.45, 2.75) is 32.1 Å². The van der Waals surface area contributed by atoms with Crippen molar-refractivity contribution in [1.29, 1.82) is 0 Å². The molecule has 0 heterocycles. The summed E-state index contributed by atoms with van der Waals surface area (Å²) in [6, 6.07) is 5.44. The highest BCUT2D eigenvalue weighted by molar-refractivity contribution is 9.10. The monoisotopic (exact) mass is 315 g/mol. The topological polar surface area (TPSA) is 29.1 Å². The zero-order chi connectivity index (χ0) is 13.1. The first-order chi connectivity index (χ1) is 7.79. The van der Waals surface area contributed by atoms with E-state index in [1.807, 2.05) is 12.1 Å². The second-order valence-electron chi connectivity index (χ2n) is 5.23. The number of carbonyl (C=O) groups excluding carboxylic acids is 1. The Balaban J connectivity index is 2.59. The molecule has 0 aromatic heterocycles. The van der Waals surface area contributed by atoms with Crippen molar-refractivity contribution < 1.29 is 4.79 Å². The molecular weight excluding hydrogens is 298 g/mol. The number of amides is 1. The van der Waals surface area contributed by atoms with Crippen molar-refractivity contribution in [1.82, 2.24) is 5.32 Å². The molecule has 0 radical (unpaired) electrons. The summed E-state index contributed by atoms with van der Waals surface area (Å²) in [6.07, 6.45) is 0.956. The lowest BCUT2D eigenvalue weighted by molar-refractivity contribution is 0.0946. The largest absolute Gasteiger partial charge is 0.352 e. The molecule has 1 aromatic rings. The van der Waals surface area contributed by atoms with Gasteiger partial charge in [0.2, 0.25) is 0 Å². The van der Waals surface area contributed by atoms with Crippen LogP contribution >= 0.6 is 28.6 Å². The maximum absolute atomic E-state index is 11.9. The number of hydrogen-bond acceptors (Lipinski definition) is 2. The van der Waals surface area contributed by atoms with Crippen molar-refractivity contribution in [2.75, 3.05) is 6.54 Å². The molecule has 1 aromatic carbocycles. The lowest BCUT2D eigenvalue weighted by Crippen LogP contribution is -2.27. The van der Waals surface area contributed by atoms with Crippen LogP contribution in [0.1, 0.15) is 37.6 Å². The van der Waals surface area contributed by atoms with Gasteiger partial charge in [-0.05, 0) is 30.0 Å². The Morgan fingerprint density at radius 1 is 1.41 bits per heavy atom. The number of thiol groups is 1.